The molecule has 3 amide bonds. The van der Waals surface area contributed by atoms with Gasteiger partial charge in [-0.15, -0.1) is 12.4 Å². The number of likely N-dealkylation sites (tertiary alicyclic amines) is 1. The fourth-order valence-corrected chi connectivity index (χ4v) is 4.86. The van der Waals surface area contributed by atoms with Crippen LogP contribution in [0.5, 0.6) is 0 Å². The largest absolute Gasteiger partial charge is 0.342 e. The van der Waals surface area contributed by atoms with Crippen molar-refractivity contribution in [3.63, 3.8) is 0 Å². The molecule has 3 saturated heterocycles. The van der Waals surface area contributed by atoms with Crippen LogP contribution in [0.25, 0.3) is 0 Å². The second-order valence-electron chi connectivity index (χ2n) is 8.27. The predicted octanol–water partition coefficient (Wildman–Crippen LogP) is 3.09. The molecule has 0 aliphatic carbocycles. The molecule has 2 atom stereocenters. The van der Waals surface area contributed by atoms with Crippen molar-refractivity contribution in [1.82, 2.24) is 15.1 Å². The van der Waals surface area contributed by atoms with E-state index in [1.165, 1.54) is 12.8 Å². The number of hydrogen-bond donors (Lipinski definition) is 2. The van der Waals surface area contributed by atoms with Gasteiger partial charge in [0, 0.05) is 49.9 Å². The number of amides is 3. The van der Waals surface area contributed by atoms with E-state index in [9.17, 15) is 9.59 Å². The molecule has 3 aliphatic rings. The third-order valence-electron chi connectivity index (χ3n) is 6.50. The summed E-state index contributed by atoms with van der Waals surface area (Å²) in [5.41, 5.74) is 0.806. The van der Waals surface area contributed by atoms with Crippen LogP contribution in [0.3, 0.4) is 0 Å². The summed E-state index contributed by atoms with van der Waals surface area (Å²) in [4.78, 5) is 29.2. The number of hydrogen-bond acceptors (Lipinski definition) is 3. The van der Waals surface area contributed by atoms with Gasteiger partial charge in [0.05, 0.1) is 0 Å². The number of para-hydroxylation sites is 1. The summed E-state index contributed by atoms with van der Waals surface area (Å²) >= 11 is 0. The van der Waals surface area contributed by atoms with Gasteiger partial charge < -0.3 is 20.4 Å². The third-order valence-corrected chi connectivity index (χ3v) is 6.50. The Labute approximate surface area is 173 Å². The molecule has 7 heteroatoms. The van der Waals surface area contributed by atoms with Crippen molar-refractivity contribution in [3.8, 4) is 0 Å². The van der Waals surface area contributed by atoms with Crippen LogP contribution in [0.15, 0.2) is 30.3 Å². The molecular formula is C21H31ClN4O2. The van der Waals surface area contributed by atoms with Crippen molar-refractivity contribution in [2.24, 2.45) is 5.92 Å². The number of rotatable bonds is 3. The number of piperidine rings is 2. The normalized spacial score (nSPS) is 27.0. The van der Waals surface area contributed by atoms with Gasteiger partial charge in [-0.2, -0.15) is 0 Å². The fraction of sp³-hybridized carbons (Fsp3) is 0.619. The highest BCUT2D eigenvalue weighted by molar-refractivity contribution is 5.89. The monoisotopic (exact) mass is 406 g/mol. The standard InChI is InChI=1S/C21H30N4O2.ClH/c1-24(19-13-17-7-8-18(14-19)22-17)20(26)15-9-11-25(12-10-15)21(27)23-16-5-3-2-4-6-16;/h2-6,15,17-19,22H,7-14H2,1H3,(H,23,27);1H. The summed E-state index contributed by atoms with van der Waals surface area (Å²) in [5, 5.41) is 6.57. The van der Waals surface area contributed by atoms with Crippen LogP contribution in [-0.2, 0) is 4.79 Å². The summed E-state index contributed by atoms with van der Waals surface area (Å²) in [6.07, 6.45) is 6.16. The Hall–Kier alpha value is -1.79. The maximum atomic E-state index is 13.0. The number of anilines is 1. The van der Waals surface area contributed by atoms with E-state index < -0.39 is 0 Å². The van der Waals surface area contributed by atoms with Gasteiger partial charge in [0.1, 0.15) is 0 Å². The Morgan fingerprint density at radius 2 is 1.64 bits per heavy atom. The first-order valence-corrected chi connectivity index (χ1v) is 10.2. The first-order valence-electron chi connectivity index (χ1n) is 10.2. The highest BCUT2D eigenvalue weighted by atomic mass is 35.5. The van der Waals surface area contributed by atoms with Crippen LogP contribution in [-0.4, -0.2) is 60.0 Å². The molecule has 154 valence electrons. The maximum Gasteiger partial charge on any atom is 0.321 e. The van der Waals surface area contributed by atoms with Gasteiger partial charge in [0.15, 0.2) is 0 Å². The van der Waals surface area contributed by atoms with Crippen LogP contribution in [0.1, 0.15) is 38.5 Å². The summed E-state index contributed by atoms with van der Waals surface area (Å²) in [5.74, 6) is 0.313. The molecule has 1 aromatic carbocycles. The Morgan fingerprint density at radius 1 is 1.04 bits per heavy atom. The Balaban J connectivity index is 0.00000225. The molecule has 6 nitrogen and oxygen atoms in total. The number of nitrogens with zero attached hydrogens (tertiary/aromatic N) is 2. The molecule has 2 N–H and O–H groups in total. The molecule has 3 fully saturated rings. The quantitative estimate of drug-likeness (QED) is 0.810. The van der Waals surface area contributed by atoms with Gasteiger partial charge in [-0.1, -0.05) is 18.2 Å². The highest BCUT2D eigenvalue weighted by Gasteiger charge is 2.38. The number of carbonyl (C=O) groups excluding carboxylic acids is 2. The first-order chi connectivity index (χ1) is 13.1. The topological polar surface area (TPSA) is 64.7 Å². The molecule has 0 saturated carbocycles. The Kier molecular flexibility index (Phi) is 6.83. The molecule has 2 bridgehead atoms. The molecule has 0 radical (unpaired) electrons. The van der Waals surface area contributed by atoms with Crippen molar-refractivity contribution < 1.29 is 9.59 Å². The number of halogens is 1. The molecule has 2 unspecified atom stereocenters. The summed E-state index contributed by atoms with van der Waals surface area (Å²) < 4.78 is 0. The van der Waals surface area contributed by atoms with E-state index in [0.717, 1.165) is 31.4 Å². The number of benzene rings is 1. The minimum atomic E-state index is -0.0737. The second kappa shape index (κ2) is 9.14. The lowest BCUT2D eigenvalue weighted by atomic mass is 9.92. The molecule has 3 aliphatic heterocycles. The summed E-state index contributed by atoms with van der Waals surface area (Å²) in [6.45, 7) is 1.28. The first kappa shape index (κ1) is 20.9. The zero-order valence-electron chi connectivity index (χ0n) is 16.5. The predicted molar refractivity (Wildman–Crippen MR) is 113 cm³/mol. The summed E-state index contributed by atoms with van der Waals surface area (Å²) in [6, 6.07) is 11.0. The van der Waals surface area contributed by atoms with Gasteiger partial charge in [-0.3, -0.25) is 4.79 Å². The number of fused-ring (bicyclic) bond motifs is 2. The van der Waals surface area contributed by atoms with Crippen LogP contribution >= 0.6 is 12.4 Å². The van der Waals surface area contributed by atoms with Crippen molar-refractivity contribution in [3.05, 3.63) is 30.3 Å². The zero-order valence-corrected chi connectivity index (χ0v) is 17.3. The van der Waals surface area contributed by atoms with E-state index >= 15 is 0 Å². The average molecular weight is 407 g/mol. The molecule has 1 aromatic rings. The van der Waals surface area contributed by atoms with Crippen LogP contribution in [0, 0.1) is 5.92 Å². The van der Waals surface area contributed by atoms with Gasteiger partial charge in [0.2, 0.25) is 5.91 Å². The van der Waals surface area contributed by atoms with Gasteiger partial charge >= 0.3 is 6.03 Å². The lowest BCUT2D eigenvalue weighted by molar-refractivity contribution is -0.138. The lowest BCUT2D eigenvalue weighted by Crippen LogP contribution is -2.51. The minimum Gasteiger partial charge on any atom is -0.342 e. The van der Waals surface area contributed by atoms with Crippen molar-refractivity contribution in [2.45, 2.75) is 56.7 Å². The van der Waals surface area contributed by atoms with E-state index in [4.69, 9.17) is 0 Å². The van der Waals surface area contributed by atoms with Crippen LogP contribution in [0.4, 0.5) is 10.5 Å². The molecule has 0 spiro atoms. The molecule has 4 rings (SSSR count). The minimum absolute atomic E-state index is 0. The van der Waals surface area contributed by atoms with Gasteiger partial charge in [-0.25, -0.2) is 4.79 Å². The average Bonchev–Trinajstić information content (AvgIpc) is 3.05. The van der Waals surface area contributed by atoms with Crippen molar-refractivity contribution in [2.75, 3.05) is 25.5 Å². The second-order valence-corrected chi connectivity index (χ2v) is 8.27. The van der Waals surface area contributed by atoms with Gasteiger partial charge in [0.25, 0.3) is 0 Å². The van der Waals surface area contributed by atoms with E-state index in [-0.39, 0.29) is 30.3 Å². The van der Waals surface area contributed by atoms with E-state index in [0.29, 0.717) is 31.2 Å². The number of urea groups is 1. The molecule has 0 aromatic heterocycles. The smallest absolute Gasteiger partial charge is 0.321 e. The van der Waals surface area contributed by atoms with E-state index in [1.807, 2.05) is 47.2 Å². The van der Waals surface area contributed by atoms with E-state index in [2.05, 4.69) is 10.6 Å². The number of carbonyl (C=O) groups is 2. The lowest BCUT2D eigenvalue weighted by Gasteiger charge is -2.39. The highest BCUT2D eigenvalue weighted by Crippen LogP contribution is 2.31. The fourth-order valence-electron chi connectivity index (χ4n) is 4.86. The van der Waals surface area contributed by atoms with E-state index in [1.54, 1.807) is 0 Å². The Bertz CT molecular complexity index is 666. The van der Waals surface area contributed by atoms with Crippen LogP contribution in [0.2, 0.25) is 0 Å². The zero-order chi connectivity index (χ0) is 18.8. The van der Waals surface area contributed by atoms with Crippen LogP contribution < -0.4 is 10.6 Å². The van der Waals surface area contributed by atoms with Crippen molar-refractivity contribution in [1.29, 1.82) is 0 Å². The van der Waals surface area contributed by atoms with Crippen molar-refractivity contribution >= 4 is 30.0 Å². The molecule has 28 heavy (non-hydrogen) atoms. The molecular weight excluding hydrogens is 376 g/mol. The maximum absolute atomic E-state index is 13.0. The summed E-state index contributed by atoms with van der Waals surface area (Å²) in [7, 11) is 1.98. The third kappa shape index (κ3) is 4.61. The van der Waals surface area contributed by atoms with Gasteiger partial charge in [-0.05, 0) is 50.7 Å². The number of nitrogens with one attached hydrogen (secondary N) is 2. The Morgan fingerprint density at radius 3 is 2.25 bits per heavy atom. The molecule has 3 heterocycles. The SMILES string of the molecule is CN(C(=O)C1CCN(C(=O)Nc2ccccc2)CC1)C1CC2CCC(C1)N2.Cl.